The smallest absolute Gasteiger partial charge is 0.307 e. The lowest BCUT2D eigenvalue weighted by atomic mass is 9.99. The van der Waals surface area contributed by atoms with Crippen LogP contribution >= 0.6 is 0 Å². The van der Waals surface area contributed by atoms with Gasteiger partial charge in [0.15, 0.2) is 6.10 Å². The minimum Gasteiger partial charge on any atom is -0.449 e. The fraction of sp³-hybridized carbons (Fsp3) is 0.625. The summed E-state index contributed by atoms with van der Waals surface area (Å²) in [6, 6.07) is 0. The zero-order valence-electron chi connectivity index (χ0n) is 5.96. The van der Waals surface area contributed by atoms with E-state index in [4.69, 9.17) is 11.2 Å². The molecule has 1 saturated heterocycles. The number of cyclic esters (lactones) is 1. The molecule has 1 aliphatic rings. The first-order valence-corrected chi connectivity index (χ1v) is 3.43. The van der Waals surface area contributed by atoms with Gasteiger partial charge in [-0.2, -0.15) is 0 Å². The number of rotatable bonds is 1. The summed E-state index contributed by atoms with van der Waals surface area (Å²) in [6.45, 7) is 2.01. The molecule has 0 aromatic carbocycles. The zero-order valence-corrected chi connectivity index (χ0v) is 5.96. The second kappa shape index (κ2) is 2.74. The van der Waals surface area contributed by atoms with E-state index in [9.17, 15) is 4.79 Å². The first kappa shape index (κ1) is 7.14. The Kier molecular flexibility index (Phi) is 1.96. The maximum absolute atomic E-state index is 10.7. The van der Waals surface area contributed by atoms with Crippen LogP contribution < -0.4 is 0 Å². The molecule has 0 N–H and O–H groups in total. The first-order valence-electron chi connectivity index (χ1n) is 3.43. The molecule has 1 fully saturated rings. The van der Waals surface area contributed by atoms with Gasteiger partial charge in [-0.3, -0.25) is 4.79 Å². The number of hydrogen-bond donors (Lipinski definition) is 0. The van der Waals surface area contributed by atoms with Gasteiger partial charge in [0.05, 0.1) is 6.42 Å². The lowest BCUT2D eigenvalue weighted by Crippen LogP contribution is -2.11. The second-order valence-electron chi connectivity index (χ2n) is 2.45. The van der Waals surface area contributed by atoms with Gasteiger partial charge in [0.1, 0.15) is 0 Å². The third kappa shape index (κ3) is 1.13. The van der Waals surface area contributed by atoms with Crippen molar-refractivity contribution < 1.29 is 9.53 Å². The van der Waals surface area contributed by atoms with Crippen molar-refractivity contribution in [3.05, 3.63) is 0 Å². The van der Waals surface area contributed by atoms with Gasteiger partial charge in [0.25, 0.3) is 0 Å². The summed E-state index contributed by atoms with van der Waals surface area (Å²) in [5, 5.41) is 0. The Hall–Kier alpha value is -0.970. The van der Waals surface area contributed by atoms with Crippen molar-refractivity contribution in [1.29, 1.82) is 0 Å². The average Bonchev–Trinajstić information content (AvgIpc) is 2.30. The summed E-state index contributed by atoms with van der Waals surface area (Å²) in [5.74, 6) is 2.54. The molecule has 10 heavy (non-hydrogen) atoms. The number of carbonyl (C=O) groups is 1. The molecule has 0 amide bonds. The molecule has 2 unspecified atom stereocenters. The van der Waals surface area contributed by atoms with E-state index >= 15 is 0 Å². The summed E-state index contributed by atoms with van der Waals surface area (Å²) in [6.07, 6.45) is 6.28. The molecule has 0 saturated carbocycles. The predicted octanol–water partition coefficient (Wildman–Crippen LogP) is 0.961. The number of carbonyl (C=O) groups excluding carboxylic acids is 1. The van der Waals surface area contributed by atoms with Gasteiger partial charge in [-0.05, 0) is 6.42 Å². The molecule has 0 bridgehead atoms. The normalized spacial score (nSPS) is 31.4. The van der Waals surface area contributed by atoms with Gasteiger partial charge in [-0.25, -0.2) is 0 Å². The lowest BCUT2D eigenvalue weighted by Gasteiger charge is -2.07. The van der Waals surface area contributed by atoms with E-state index in [1.165, 1.54) is 0 Å². The molecule has 0 aromatic rings. The SMILES string of the molecule is C#CC1OC(=O)CC1CC. The number of terminal acetylenes is 1. The fourth-order valence-electron chi connectivity index (χ4n) is 1.14. The molecule has 1 aliphatic heterocycles. The molecular formula is C8H10O2. The number of ether oxygens (including phenoxy) is 1. The fourth-order valence-corrected chi connectivity index (χ4v) is 1.14. The number of hydrogen-bond acceptors (Lipinski definition) is 2. The van der Waals surface area contributed by atoms with E-state index in [1.807, 2.05) is 6.92 Å². The largest absolute Gasteiger partial charge is 0.449 e. The average molecular weight is 138 g/mol. The Morgan fingerprint density at radius 1 is 1.90 bits per heavy atom. The van der Waals surface area contributed by atoms with Crippen LogP contribution in [0.5, 0.6) is 0 Å². The van der Waals surface area contributed by atoms with Gasteiger partial charge >= 0.3 is 5.97 Å². The van der Waals surface area contributed by atoms with E-state index in [0.717, 1.165) is 6.42 Å². The molecule has 0 aliphatic carbocycles. The minimum atomic E-state index is -0.266. The van der Waals surface area contributed by atoms with Crippen molar-refractivity contribution in [2.75, 3.05) is 0 Å². The standard InChI is InChI=1S/C8H10O2/c1-3-6-5-8(9)10-7(6)4-2/h2,6-7H,3,5H2,1H3. The maximum Gasteiger partial charge on any atom is 0.307 e. The van der Waals surface area contributed by atoms with Gasteiger partial charge in [-0.1, -0.05) is 12.8 Å². The topological polar surface area (TPSA) is 26.3 Å². The van der Waals surface area contributed by atoms with E-state index < -0.39 is 0 Å². The minimum absolute atomic E-state index is 0.158. The second-order valence-corrected chi connectivity index (χ2v) is 2.45. The van der Waals surface area contributed by atoms with E-state index in [1.54, 1.807) is 0 Å². The highest BCUT2D eigenvalue weighted by Gasteiger charge is 2.31. The van der Waals surface area contributed by atoms with Crippen molar-refractivity contribution in [2.45, 2.75) is 25.9 Å². The third-order valence-corrected chi connectivity index (χ3v) is 1.80. The van der Waals surface area contributed by atoms with Crippen LogP contribution in [-0.4, -0.2) is 12.1 Å². The highest BCUT2D eigenvalue weighted by molar-refractivity contribution is 5.72. The van der Waals surface area contributed by atoms with Crippen LogP contribution in [0.3, 0.4) is 0 Å². The van der Waals surface area contributed by atoms with Crippen LogP contribution in [-0.2, 0) is 9.53 Å². The van der Waals surface area contributed by atoms with Gasteiger partial charge < -0.3 is 4.74 Å². The van der Waals surface area contributed by atoms with Crippen molar-refractivity contribution >= 4 is 5.97 Å². The monoisotopic (exact) mass is 138 g/mol. The van der Waals surface area contributed by atoms with E-state index in [2.05, 4.69) is 5.92 Å². The molecule has 1 heterocycles. The Labute approximate surface area is 60.6 Å². The highest BCUT2D eigenvalue weighted by atomic mass is 16.5. The first-order chi connectivity index (χ1) is 4.77. The quantitative estimate of drug-likeness (QED) is 0.398. The maximum atomic E-state index is 10.7. The van der Waals surface area contributed by atoms with Crippen molar-refractivity contribution in [1.82, 2.24) is 0 Å². The summed E-state index contributed by atoms with van der Waals surface area (Å²) in [4.78, 5) is 10.7. The van der Waals surface area contributed by atoms with Gasteiger partial charge in [-0.15, -0.1) is 6.42 Å². The van der Waals surface area contributed by atoms with E-state index in [-0.39, 0.29) is 18.0 Å². The summed E-state index contributed by atoms with van der Waals surface area (Å²) in [5.41, 5.74) is 0. The molecule has 0 aromatic heterocycles. The number of esters is 1. The van der Waals surface area contributed by atoms with Crippen molar-refractivity contribution in [3.8, 4) is 12.3 Å². The summed E-state index contributed by atoms with van der Waals surface area (Å²) < 4.78 is 4.84. The van der Waals surface area contributed by atoms with Gasteiger partial charge in [0, 0.05) is 5.92 Å². The zero-order chi connectivity index (χ0) is 7.56. The molecule has 0 radical (unpaired) electrons. The molecule has 54 valence electrons. The predicted molar refractivity (Wildman–Crippen MR) is 37.1 cm³/mol. The van der Waals surface area contributed by atoms with Crippen LogP contribution in [0.4, 0.5) is 0 Å². The summed E-state index contributed by atoms with van der Waals surface area (Å²) in [7, 11) is 0. The molecule has 2 atom stereocenters. The van der Waals surface area contributed by atoms with Gasteiger partial charge in [0.2, 0.25) is 0 Å². The van der Waals surface area contributed by atoms with Crippen LogP contribution in [0.1, 0.15) is 19.8 Å². The molecule has 2 nitrogen and oxygen atoms in total. The Morgan fingerprint density at radius 3 is 3.00 bits per heavy atom. The van der Waals surface area contributed by atoms with Crippen LogP contribution in [0.2, 0.25) is 0 Å². The molecular weight excluding hydrogens is 128 g/mol. The van der Waals surface area contributed by atoms with E-state index in [0.29, 0.717) is 6.42 Å². The summed E-state index contributed by atoms with van der Waals surface area (Å²) >= 11 is 0. The lowest BCUT2D eigenvalue weighted by molar-refractivity contribution is -0.139. The molecule has 1 rings (SSSR count). The highest BCUT2D eigenvalue weighted by Crippen LogP contribution is 2.23. The Bertz CT molecular complexity index is 178. The Morgan fingerprint density at radius 2 is 2.60 bits per heavy atom. The van der Waals surface area contributed by atoms with Crippen LogP contribution in [0.15, 0.2) is 0 Å². The van der Waals surface area contributed by atoms with Crippen LogP contribution in [0.25, 0.3) is 0 Å². The third-order valence-electron chi connectivity index (χ3n) is 1.80. The van der Waals surface area contributed by atoms with Crippen molar-refractivity contribution in [2.24, 2.45) is 5.92 Å². The van der Waals surface area contributed by atoms with Crippen LogP contribution in [0, 0.1) is 18.3 Å². The Balaban J connectivity index is 2.59. The molecule has 2 heteroatoms. The van der Waals surface area contributed by atoms with Crippen molar-refractivity contribution in [3.63, 3.8) is 0 Å². The molecule has 0 spiro atoms.